The number of rotatable bonds is 4. The minimum atomic E-state index is -0.0733. The van der Waals surface area contributed by atoms with Gasteiger partial charge >= 0.3 is 0 Å². The van der Waals surface area contributed by atoms with E-state index in [1.54, 1.807) is 7.05 Å². The topological polar surface area (TPSA) is 46.9 Å². The maximum absolute atomic E-state index is 12.1. The summed E-state index contributed by atoms with van der Waals surface area (Å²) in [6, 6.07) is 9.59. The summed E-state index contributed by atoms with van der Waals surface area (Å²) in [7, 11) is 1.67. The van der Waals surface area contributed by atoms with E-state index in [0.29, 0.717) is 23.2 Å². The molecule has 5 heteroatoms. The van der Waals surface area contributed by atoms with Crippen molar-refractivity contribution < 1.29 is 0 Å². The van der Waals surface area contributed by atoms with Gasteiger partial charge in [0.1, 0.15) is 0 Å². The van der Waals surface area contributed by atoms with Crippen LogP contribution in [0.1, 0.15) is 19.4 Å². The normalized spacial score (nSPS) is 11.1. The lowest BCUT2D eigenvalue weighted by molar-refractivity contribution is 0.577. The third kappa shape index (κ3) is 3.46. The van der Waals surface area contributed by atoms with Crippen molar-refractivity contribution >= 4 is 11.6 Å². The van der Waals surface area contributed by atoms with E-state index >= 15 is 0 Å². The van der Waals surface area contributed by atoms with Gasteiger partial charge in [0.15, 0.2) is 0 Å². The molecular formula is C15H18ClN3O. The molecule has 0 unspecified atom stereocenters. The van der Waals surface area contributed by atoms with Crippen molar-refractivity contribution in [2.24, 2.45) is 7.05 Å². The molecule has 1 aromatic carbocycles. The van der Waals surface area contributed by atoms with Crippen LogP contribution in [0.25, 0.3) is 11.3 Å². The monoisotopic (exact) mass is 291 g/mol. The Labute approximate surface area is 123 Å². The number of aromatic nitrogens is 2. The first-order chi connectivity index (χ1) is 9.47. The van der Waals surface area contributed by atoms with Crippen molar-refractivity contribution in [3.8, 4) is 11.3 Å². The predicted molar refractivity (Wildman–Crippen MR) is 81.9 cm³/mol. The summed E-state index contributed by atoms with van der Waals surface area (Å²) in [6.07, 6.45) is 0. The molecule has 0 aliphatic rings. The summed E-state index contributed by atoms with van der Waals surface area (Å²) in [5.74, 6) is 0. The number of hydrogen-bond donors (Lipinski definition) is 1. The Hall–Kier alpha value is -1.65. The highest BCUT2D eigenvalue weighted by Crippen LogP contribution is 2.19. The lowest BCUT2D eigenvalue weighted by Crippen LogP contribution is -2.30. The van der Waals surface area contributed by atoms with Crippen molar-refractivity contribution in [1.82, 2.24) is 15.1 Å². The van der Waals surface area contributed by atoms with Crippen LogP contribution in [0, 0.1) is 0 Å². The Morgan fingerprint density at radius 2 is 1.95 bits per heavy atom. The second-order valence-electron chi connectivity index (χ2n) is 5.03. The molecule has 0 spiro atoms. The fraction of sp³-hybridized carbons (Fsp3) is 0.333. The minimum Gasteiger partial charge on any atom is -0.310 e. The van der Waals surface area contributed by atoms with Gasteiger partial charge in [-0.1, -0.05) is 37.6 Å². The lowest BCUT2D eigenvalue weighted by Gasteiger charge is -2.10. The van der Waals surface area contributed by atoms with Gasteiger partial charge in [-0.3, -0.25) is 4.79 Å². The average Bonchev–Trinajstić information content (AvgIpc) is 2.41. The van der Waals surface area contributed by atoms with Crippen LogP contribution in [0.5, 0.6) is 0 Å². The Kier molecular flexibility index (Phi) is 4.57. The largest absolute Gasteiger partial charge is 0.310 e. The molecule has 0 saturated heterocycles. The molecule has 1 aromatic heterocycles. The van der Waals surface area contributed by atoms with Crippen molar-refractivity contribution in [2.45, 2.75) is 26.4 Å². The molecule has 0 saturated carbocycles. The maximum atomic E-state index is 12.1. The van der Waals surface area contributed by atoms with Crippen LogP contribution in [-0.4, -0.2) is 15.8 Å². The first kappa shape index (κ1) is 14.8. The van der Waals surface area contributed by atoms with E-state index in [1.807, 2.05) is 44.2 Å². The van der Waals surface area contributed by atoms with Gasteiger partial charge in [0, 0.05) is 35.8 Å². The highest BCUT2D eigenvalue weighted by atomic mass is 35.5. The summed E-state index contributed by atoms with van der Waals surface area (Å²) in [5.41, 5.74) is 2.34. The average molecular weight is 292 g/mol. The summed E-state index contributed by atoms with van der Waals surface area (Å²) in [4.78, 5) is 12.1. The second-order valence-corrected chi connectivity index (χ2v) is 5.46. The molecule has 2 aromatic rings. The molecule has 0 radical (unpaired) electrons. The van der Waals surface area contributed by atoms with Crippen LogP contribution in [0.2, 0.25) is 5.02 Å². The van der Waals surface area contributed by atoms with E-state index in [4.69, 9.17) is 11.6 Å². The van der Waals surface area contributed by atoms with Gasteiger partial charge in [-0.25, -0.2) is 4.68 Å². The number of aryl methyl sites for hydroxylation is 1. The third-order valence-electron chi connectivity index (χ3n) is 2.98. The Morgan fingerprint density at radius 1 is 1.30 bits per heavy atom. The fourth-order valence-electron chi connectivity index (χ4n) is 1.87. The van der Waals surface area contributed by atoms with E-state index < -0.39 is 0 Å². The van der Waals surface area contributed by atoms with Gasteiger partial charge < -0.3 is 5.32 Å². The quantitative estimate of drug-likeness (QED) is 0.942. The van der Waals surface area contributed by atoms with Crippen LogP contribution in [0.3, 0.4) is 0 Å². The molecule has 0 aliphatic heterocycles. The third-order valence-corrected chi connectivity index (χ3v) is 3.23. The minimum absolute atomic E-state index is 0.0733. The number of hydrogen-bond acceptors (Lipinski definition) is 3. The summed E-state index contributed by atoms with van der Waals surface area (Å²) >= 11 is 5.89. The van der Waals surface area contributed by atoms with E-state index in [9.17, 15) is 4.79 Å². The predicted octanol–water partition coefficient (Wildman–Crippen LogP) is 2.60. The van der Waals surface area contributed by atoms with Gasteiger partial charge in [0.25, 0.3) is 5.56 Å². The Balaban J connectivity index is 2.40. The van der Waals surface area contributed by atoms with Gasteiger partial charge in [0.05, 0.1) is 5.69 Å². The van der Waals surface area contributed by atoms with Crippen LogP contribution < -0.4 is 10.9 Å². The van der Waals surface area contributed by atoms with Crippen molar-refractivity contribution in [3.63, 3.8) is 0 Å². The van der Waals surface area contributed by atoms with Crippen LogP contribution in [0.4, 0.5) is 0 Å². The molecule has 0 fully saturated rings. The molecule has 0 bridgehead atoms. The Morgan fingerprint density at radius 3 is 2.55 bits per heavy atom. The number of nitrogens with one attached hydrogen (secondary N) is 1. The number of nitrogens with zero attached hydrogens (tertiary/aromatic N) is 2. The standard InChI is InChI=1S/C15H18ClN3O/c1-10(2)17-9-12-8-14(18-19(3)15(12)20)11-4-6-13(16)7-5-11/h4-8,10,17H,9H2,1-3H3. The van der Waals surface area contributed by atoms with Gasteiger partial charge in [-0.05, 0) is 18.2 Å². The zero-order chi connectivity index (χ0) is 14.7. The number of benzene rings is 1. The fourth-order valence-corrected chi connectivity index (χ4v) is 2.00. The molecule has 20 heavy (non-hydrogen) atoms. The van der Waals surface area contributed by atoms with Gasteiger partial charge in [-0.15, -0.1) is 0 Å². The Bertz CT molecular complexity index is 647. The zero-order valence-corrected chi connectivity index (χ0v) is 12.6. The second kappa shape index (κ2) is 6.20. The van der Waals surface area contributed by atoms with Gasteiger partial charge in [-0.2, -0.15) is 5.10 Å². The molecule has 0 atom stereocenters. The molecular weight excluding hydrogens is 274 g/mol. The zero-order valence-electron chi connectivity index (χ0n) is 11.9. The summed E-state index contributed by atoms with van der Waals surface area (Å²) < 4.78 is 1.38. The summed E-state index contributed by atoms with van der Waals surface area (Å²) in [5, 5.41) is 8.23. The SMILES string of the molecule is CC(C)NCc1cc(-c2ccc(Cl)cc2)nn(C)c1=O. The van der Waals surface area contributed by atoms with E-state index in [2.05, 4.69) is 10.4 Å². The first-order valence-electron chi connectivity index (χ1n) is 6.54. The van der Waals surface area contributed by atoms with Crippen molar-refractivity contribution in [1.29, 1.82) is 0 Å². The molecule has 1 heterocycles. The number of halogens is 1. The van der Waals surface area contributed by atoms with Crippen molar-refractivity contribution in [2.75, 3.05) is 0 Å². The van der Waals surface area contributed by atoms with E-state index in [-0.39, 0.29) is 5.56 Å². The smallest absolute Gasteiger partial charge is 0.271 e. The highest BCUT2D eigenvalue weighted by molar-refractivity contribution is 6.30. The van der Waals surface area contributed by atoms with E-state index in [0.717, 1.165) is 11.3 Å². The lowest BCUT2D eigenvalue weighted by atomic mass is 10.1. The summed E-state index contributed by atoms with van der Waals surface area (Å²) in [6.45, 7) is 4.63. The molecule has 2 rings (SSSR count). The van der Waals surface area contributed by atoms with Crippen LogP contribution in [-0.2, 0) is 13.6 Å². The molecule has 106 valence electrons. The van der Waals surface area contributed by atoms with E-state index in [1.165, 1.54) is 4.68 Å². The highest BCUT2D eigenvalue weighted by Gasteiger charge is 2.08. The first-order valence-corrected chi connectivity index (χ1v) is 6.91. The molecule has 4 nitrogen and oxygen atoms in total. The molecule has 0 amide bonds. The maximum Gasteiger partial charge on any atom is 0.271 e. The van der Waals surface area contributed by atoms with Gasteiger partial charge in [0.2, 0.25) is 0 Å². The molecule has 1 N–H and O–H groups in total. The van der Waals surface area contributed by atoms with Crippen molar-refractivity contribution in [3.05, 3.63) is 51.3 Å². The van der Waals surface area contributed by atoms with Crippen LogP contribution >= 0.6 is 11.6 Å². The van der Waals surface area contributed by atoms with Crippen LogP contribution in [0.15, 0.2) is 35.1 Å². The molecule has 0 aliphatic carbocycles.